The average Bonchev–Trinajstić information content (AvgIpc) is 2.65. The third kappa shape index (κ3) is 4.42. The van der Waals surface area contributed by atoms with Crippen LogP contribution in [0.5, 0.6) is 5.75 Å². The van der Waals surface area contributed by atoms with Gasteiger partial charge in [-0.15, -0.1) is 0 Å². The van der Waals surface area contributed by atoms with Gasteiger partial charge in [-0.3, -0.25) is 14.9 Å². The molecule has 1 N–H and O–H groups in total. The van der Waals surface area contributed by atoms with E-state index in [0.717, 1.165) is 5.56 Å². The Morgan fingerprint density at radius 2 is 2.04 bits per heavy atom. The summed E-state index contributed by atoms with van der Waals surface area (Å²) in [5.74, 6) is -0.785. The number of nitro benzene ring substituents is 1. The Kier molecular flexibility index (Phi) is 5.37. The molecule has 1 amide bonds. The number of hydrogen-bond donors (Lipinski definition) is 1. The minimum absolute atomic E-state index is 0.0250. The number of nitro groups is 1. The number of anilines is 1. The number of para-hydroxylation sites is 1. The van der Waals surface area contributed by atoms with Crippen molar-refractivity contribution in [3.63, 3.8) is 0 Å². The minimum Gasteiger partial charge on any atom is -0.488 e. The average molecular weight is 389 g/mol. The number of carbonyl (C=O) groups excluding carboxylic acids is 2. The summed E-state index contributed by atoms with van der Waals surface area (Å²) < 4.78 is 10.4. The maximum atomic E-state index is 12.1. The standard InChI is InChI=1S/C18H13ClN2O6/c19-13-5-6-15(21(24)25)14(8-13)20-17(22)10-27-18(23)12-7-11-3-1-2-4-16(11)26-9-12/h1-8H,9-10H2,(H,20,22). The number of rotatable bonds is 5. The Hall–Kier alpha value is -3.39. The first-order valence-corrected chi connectivity index (χ1v) is 8.15. The van der Waals surface area contributed by atoms with Crippen LogP contribution in [0.15, 0.2) is 48.0 Å². The van der Waals surface area contributed by atoms with Crippen molar-refractivity contribution < 1.29 is 24.0 Å². The normalized spacial score (nSPS) is 12.3. The quantitative estimate of drug-likeness (QED) is 0.478. The van der Waals surface area contributed by atoms with Crippen molar-refractivity contribution >= 4 is 40.9 Å². The van der Waals surface area contributed by atoms with Crippen molar-refractivity contribution in [2.45, 2.75) is 0 Å². The highest BCUT2D eigenvalue weighted by molar-refractivity contribution is 6.31. The number of amides is 1. The Morgan fingerprint density at radius 3 is 2.81 bits per heavy atom. The van der Waals surface area contributed by atoms with Crippen LogP contribution in [0.25, 0.3) is 6.08 Å². The summed E-state index contributed by atoms with van der Waals surface area (Å²) in [6, 6.07) is 10.9. The first kappa shape index (κ1) is 18.4. The molecule has 0 spiro atoms. The van der Waals surface area contributed by atoms with Gasteiger partial charge in [-0.2, -0.15) is 0 Å². The van der Waals surface area contributed by atoms with Crippen molar-refractivity contribution in [1.29, 1.82) is 0 Å². The van der Waals surface area contributed by atoms with Crippen LogP contribution in [0.1, 0.15) is 5.56 Å². The number of carbonyl (C=O) groups is 2. The van der Waals surface area contributed by atoms with Gasteiger partial charge in [0.2, 0.25) is 0 Å². The van der Waals surface area contributed by atoms with E-state index < -0.39 is 23.4 Å². The van der Waals surface area contributed by atoms with Crippen molar-refractivity contribution in [3.05, 3.63) is 68.7 Å². The van der Waals surface area contributed by atoms with E-state index in [-0.39, 0.29) is 28.6 Å². The van der Waals surface area contributed by atoms with Crippen LogP contribution in [0.3, 0.4) is 0 Å². The van der Waals surface area contributed by atoms with Gasteiger partial charge in [-0.05, 0) is 24.3 Å². The molecule has 2 aromatic rings. The molecular formula is C18H13ClN2O6. The molecule has 0 bridgehead atoms. The summed E-state index contributed by atoms with van der Waals surface area (Å²) in [6.45, 7) is -0.585. The van der Waals surface area contributed by atoms with Crippen LogP contribution in [-0.4, -0.2) is 30.0 Å². The fourth-order valence-electron chi connectivity index (χ4n) is 2.41. The molecule has 0 unspecified atom stereocenters. The van der Waals surface area contributed by atoms with E-state index in [4.69, 9.17) is 21.1 Å². The number of esters is 1. The van der Waals surface area contributed by atoms with Gasteiger partial charge < -0.3 is 14.8 Å². The molecular weight excluding hydrogens is 376 g/mol. The number of ether oxygens (including phenoxy) is 2. The van der Waals surface area contributed by atoms with Crippen molar-refractivity contribution in [3.8, 4) is 5.75 Å². The van der Waals surface area contributed by atoms with Crippen LogP contribution in [0, 0.1) is 10.1 Å². The van der Waals surface area contributed by atoms with Gasteiger partial charge in [0.25, 0.3) is 11.6 Å². The molecule has 0 saturated heterocycles. The Morgan fingerprint density at radius 1 is 1.26 bits per heavy atom. The van der Waals surface area contributed by atoms with Gasteiger partial charge in [0.05, 0.1) is 10.5 Å². The SMILES string of the molecule is O=C(COC(=O)C1=Cc2ccccc2OC1)Nc1cc(Cl)ccc1[N+](=O)[O-]. The molecule has 1 aliphatic heterocycles. The van der Waals surface area contributed by atoms with Crippen LogP contribution >= 0.6 is 11.6 Å². The van der Waals surface area contributed by atoms with E-state index in [0.29, 0.717) is 5.75 Å². The monoisotopic (exact) mass is 388 g/mol. The predicted molar refractivity (Wildman–Crippen MR) is 97.6 cm³/mol. The van der Waals surface area contributed by atoms with E-state index in [1.807, 2.05) is 6.07 Å². The van der Waals surface area contributed by atoms with Crippen LogP contribution in [0.2, 0.25) is 5.02 Å². The first-order chi connectivity index (χ1) is 12.9. The van der Waals surface area contributed by atoms with Gasteiger partial charge in [0.1, 0.15) is 18.0 Å². The third-order valence-corrected chi connectivity index (χ3v) is 3.89. The fourth-order valence-corrected chi connectivity index (χ4v) is 2.58. The Bertz CT molecular complexity index is 957. The van der Waals surface area contributed by atoms with Gasteiger partial charge in [0, 0.05) is 16.7 Å². The minimum atomic E-state index is -0.730. The number of hydrogen-bond acceptors (Lipinski definition) is 6. The Labute approximate surface area is 158 Å². The Balaban J connectivity index is 1.62. The second-order valence-corrected chi connectivity index (χ2v) is 5.98. The molecule has 3 rings (SSSR count). The van der Waals surface area contributed by atoms with E-state index in [1.54, 1.807) is 24.3 Å². The molecule has 27 heavy (non-hydrogen) atoms. The topological polar surface area (TPSA) is 108 Å². The molecule has 8 nitrogen and oxygen atoms in total. The van der Waals surface area contributed by atoms with Crippen molar-refractivity contribution in [2.24, 2.45) is 0 Å². The van der Waals surface area contributed by atoms with Crippen molar-refractivity contribution in [1.82, 2.24) is 0 Å². The first-order valence-electron chi connectivity index (χ1n) is 7.77. The molecule has 2 aromatic carbocycles. The van der Waals surface area contributed by atoms with Gasteiger partial charge in [-0.1, -0.05) is 29.8 Å². The summed E-state index contributed by atoms with van der Waals surface area (Å²) in [5.41, 5.74) is 0.590. The highest BCUT2D eigenvalue weighted by Crippen LogP contribution is 2.28. The van der Waals surface area contributed by atoms with E-state index >= 15 is 0 Å². The molecule has 1 heterocycles. The lowest BCUT2D eigenvalue weighted by molar-refractivity contribution is -0.383. The summed E-state index contributed by atoms with van der Waals surface area (Å²) in [5, 5.41) is 13.5. The molecule has 0 aliphatic carbocycles. The summed E-state index contributed by atoms with van der Waals surface area (Å²) in [7, 11) is 0. The second kappa shape index (κ2) is 7.88. The van der Waals surface area contributed by atoms with E-state index in [9.17, 15) is 19.7 Å². The molecule has 0 fully saturated rings. The largest absolute Gasteiger partial charge is 0.488 e. The maximum absolute atomic E-state index is 12.1. The molecule has 0 atom stereocenters. The molecule has 9 heteroatoms. The van der Waals surface area contributed by atoms with Gasteiger partial charge in [0.15, 0.2) is 6.61 Å². The van der Waals surface area contributed by atoms with Crippen LogP contribution in [-0.2, 0) is 14.3 Å². The van der Waals surface area contributed by atoms with Crippen molar-refractivity contribution in [2.75, 3.05) is 18.5 Å². The molecule has 1 aliphatic rings. The van der Waals surface area contributed by atoms with E-state index in [1.165, 1.54) is 18.2 Å². The zero-order chi connectivity index (χ0) is 19.4. The van der Waals surface area contributed by atoms with E-state index in [2.05, 4.69) is 5.32 Å². The lowest BCUT2D eigenvalue weighted by atomic mass is 10.1. The number of fused-ring (bicyclic) bond motifs is 1. The summed E-state index contributed by atoms with van der Waals surface area (Å²) >= 11 is 5.79. The summed E-state index contributed by atoms with van der Waals surface area (Å²) in [6.07, 6.45) is 1.63. The molecule has 138 valence electrons. The summed E-state index contributed by atoms with van der Waals surface area (Å²) in [4.78, 5) is 34.4. The fraction of sp³-hybridized carbons (Fsp3) is 0.111. The molecule has 0 aromatic heterocycles. The second-order valence-electron chi connectivity index (χ2n) is 5.54. The molecule has 0 saturated carbocycles. The third-order valence-electron chi connectivity index (χ3n) is 3.66. The number of nitrogens with one attached hydrogen (secondary N) is 1. The van der Waals surface area contributed by atoms with Gasteiger partial charge in [-0.25, -0.2) is 4.79 Å². The number of nitrogens with zero attached hydrogens (tertiary/aromatic N) is 1. The van der Waals surface area contributed by atoms with Crippen LogP contribution < -0.4 is 10.1 Å². The molecule has 0 radical (unpaired) electrons. The highest BCUT2D eigenvalue weighted by Gasteiger charge is 2.20. The lowest BCUT2D eigenvalue weighted by Crippen LogP contribution is -2.24. The predicted octanol–water partition coefficient (Wildman–Crippen LogP) is 3.21. The lowest BCUT2D eigenvalue weighted by Gasteiger charge is -2.16. The smallest absolute Gasteiger partial charge is 0.338 e. The van der Waals surface area contributed by atoms with Crippen LogP contribution in [0.4, 0.5) is 11.4 Å². The number of halogens is 1. The number of benzene rings is 2. The zero-order valence-electron chi connectivity index (χ0n) is 13.8. The zero-order valence-corrected chi connectivity index (χ0v) is 14.6. The highest BCUT2D eigenvalue weighted by atomic mass is 35.5. The maximum Gasteiger partial charge on any atom is 0.338 e. The van der Waals surface area contributed by atoms with Gasteiger partial charge >= 0.3 is 5.97 Å².